The molecule has 72 valence electrons. The van der Waals surface area contributed by atoms with Crippen LogP contribution in [-0.2, 0) is 6.54 Å². The molecule has 0 aliphatic carbocycles. The Labute approximate surface area is 75.0 Å². The lowest BCUT2D eigenvalue weighted by Gasteiger charge is -2.00. The van der Waals surface area contributed by atoms with E-state index < -0.39 is 4.92 Å². The Balaban J connectivity index is 3.14. The van der Waals surface area contributed by atoms with Crippen molar-refractivity contribution in [2.75, 3.05) is 6.61 Å². The summed E-state index contributed by atoms with van der Waals surface area (Å²) < 4.78 is 1.62. The van der Waals surface area contributed by atoms with E-state index >= 15 is 0 Å². The van der Waals surface area contributed by atoms with Gasteiger partial charge >= 0.3 is 5.82 Å². The molecule has 0 aromatic carbocycles. The van der Waals surface area contributed by atoms with E-state index in [0.29, 0.717) is 18.1 Å². The van der Waals surface area contributed by atoms with Crippen LogP contribution in [0.3, 0.4) is 0 Å². The highest BCUT2D eigenvalue weighted by Crippen LogP contribution is 2.17. The van der Waals surface area contributed by atoms with Gasteiger partial charge in [-0.05, 0) is 16.8 Å². The minimum absolute atomic E-state index is 0.0464. The minimum Gasteiger partial charge on any atom is -0.395 e. The molecule has 0 aliphatic rings. The highest BCUT2D eigenvalue weighted by Gasteiger charge is 2.20. The third-order valence-electron chi connectivity index (χ3n) is 1.88. The zero-order valence-electron chi connectivity index (χ0n) is 7.52. The number of aryl methyl sites for hydroxylation is 1. The van der Waals surface area contributed by atoms with Gasteiger partial charge in [-0.2, -0.15) is 0 Å². The smallest absolute Gasteiger partial charge is 0.384 e. The van der Waals surface area contributed by atoms with Crippen molar-refractivity contribution in [3.8, 4) is 0 Å². The quantitative estimate of drug-likeness (QED) is 0.546. The summed E-state index contributed by atoms with van der Waals surface area (Å²) in [5.41, 5.74) is 0.483. The van der Waals surface area contributed by atoms with Crippen LogP contribution in [0.25, 0.3) is 0 Å². The summed E-state index contributed by atoms with van der Waals surface area (Å²) in [6.45, 7) is 3.59. The Hall–Kier alpha value is -1.43. The molecule has 6 nitrogen and oxygen atoms in total. The van der Waals surface area contributed by atoms with Gasteiger partial charge < -0.3 is 19.8 Å². The highest BCUT2D eigenvalue weighted by atomic mass is 16.6. The largest absolute Gasteiger partial charge is 0.395 e. The molecule has 1 aromatic heterocycles. The Morgan fingerprint density at radius 3 is 2.62 bits per heavy atom. The molecule has 6 heteroatoms. The number of hydrogen-bond acceptors (Lipinski definition) is 4. The van der Waals surface area contributed by atoms with E-state index in [1.54, 1.807) is 18.4 Å². The van der Waals surface area contributed by atoms with Gasteiger partial charge in [0.25, 0.3) is 0 Å². The first-order valence-corrected chi connectivity index (χ1v) is 3.87. The van der Waals surface area contributed by atoms with Crippen LogP contribution in [0, 0.1) is 24.0 Å². The summed E-state index contributed by atoms with van der Waals surface area (Å²) >= 11 is 0. The topological polar surface area (TPSA) is 81.2 Å². The number of hydrogen-bond donors (Lipinski definition) is 1. The third kappa shape index (κ3) is 1.67. The van der Waals surface area contributed by atoms with Crippen LogP contribution in [0.1, 0.15) is 11.5 Å². The Bertz CT molecular complexity index is 332. The van der Waals surface area contributed by atoms with Crippen LogP contribution in [0.4, 0.5) is 5.82 Å². The molecule has 1 N–H and O–H groups in total. The second kappa shape index (κ2) is 3.53. The maximum atomic E-state index is 10.5. The van der Waals surface area contributed by atoms with Gasteiger partial charge in [0.2, 0.25) is 5.82 Å². The maximum Gasteiger partial charge on any atom is 0.384 e. The summed E-state index contributed by atoms with van der Waals surface area (Å²) in [7, 11) is 0. The summed E-state index contributed by atoms with van der Waals surface area (Å²) in [6.07, 6.45) is 0. The van der Waals surface area contributed by atoms with E-state index in [9.17, 15) is 10.1 Å². The minimum atomic E-state index is -0.518. The van der Waals surface area contributed by atoms with Gasteiger partial charge in [0.05, 0.1) is 6.61 Å². The standard InChI is InChI=1S/C7H11N3O3/c1-5-7(10(12)13)8-6(2)9(5)3-4-11/h11H,3-4H2,1-2H3. The number of nitrogens with zero attached hydrogens (tertiary/aromatic N) is 3. The fraction of sp³-hybridized carbons (Fsp3) is 0.571. The van der Waals surface area contributed by atoms with E-state index in [-0.39, 0.29) is 12.4 Å². The van der Waals surface area contributed by atoms with Gasteiger partial charge in [-0.1, -0.05) is 0 Å². The zero-order chi connectivity index (χ0) is 10.0. The predicted molar refractivity (Wildman–Crippen MR) is 45.4 cm³/mol. The molecule has 1 heterocycles. The van der Waals surface area contributed by atoms with Crippen molar-refractivity contribution in [2.24, 2.45) is 0 Å². The molecule has 0 amide bonds. The molecule has 0 saturated heterocycles. The Morgan fingerprint density at radius 2 is 2.23 bits per heavy atom. The fourth-order valence-corrected chi connectivity index (χ4v) is 1.26. The van der Waals surface area contributed by atoms with Gasteiger partial charge in [0, 0.05) is 13.5 Å². The summed E-state index contributed by atoms with van der Waals surface area (Å²) in [5.74, 6) is 0.421. The van der Waals surface area contributed by atoms with Gasteiger partial charge in [-0.15, -0.1) is 0 Å². The van der Waals surface area contributed by atoms with E-state index in [2.05, 4.69) is 4.98 Å². The van der Waals surface area contributed by atoms with Crippen LogP contribution >= 0.6 is 0 Å². The lowest BCUT2D eigenvalue weighted by atomic mass is 10.4. The van der Waals surface area contributed by atoms with Crippen molar-refractivity contribution in [1.29, 1.82) is 0 Å². The summed E-state index contributed by atoms with van der Waals surface area (Å²) in [4.78, 5) is 13.7. The van der Waals surface area contributed by atoms with Crippen molar-refractivity contribution < 1.29 is 10.0 Å². The average molecular weight is 185 g/mol. The molecular formula is C7H11N3O3. The van der Waals surface area contributed by atoms with Crippen molar-refractivity contribution in [3.63, 3.8) is 0 Å². The van der Waals surface area contributed by atoms with Crippen LogP contribution in [0.5, 0.6) is 0 Å². The number of nitro groups is 1. The SMILES string of the molecule is Cc1nc([N+](=O)[O-])c(C)n1CCO. The molecule has 0 aliphatic heterocycles. The van der Waals surface area contributed by atoms with E-state index in [1.807, 2.05) is 0 Å². The van der Waals surface area contributed by atoms with Gasteiger partial charge in [0.15, 0.2) is 0 Å². The molecule has 1 aromatic rings. The Kier molecular flexibility index (Phi) is 2.62. The predicted octanol–water partition coefficient (Wildman–Crippen LogP) is 0.400. The molecule has 0 unspecified atom stereocenters. The average Bonchev–Trinajstić information content (AvgIpc) is 2.32. The third-order valence-corrected chi connectivity index (χ3v) is 1.88. The molecule has 0 bridgehead atoms. The summed E-state index contributed by atoms with van der Waals surface area (Å²) in [5, 5.41) is 19.2. The molecule has 0 fully saturated rings. The second-order valence-electron chi connectivity index (χ2n) is 2.70. The van der Waals surface area contributed by atoms with Crippen molar-refractivity contribution >= 4 is 5.82 Å². The van der Waals surface area contributed by atoms with Crippen LogP contribution in [0.15, 0.2) is 0 Å². The van der Waals surface area contributed by atoms with Gasteiger partial charge in [0.1, 0.15) is 5.69 Å². The van der Waals surface area contributed by atoms with Crippen LogP contribution in [0.2, 0.25) is 0 Å². The molecule has 0 spiro atoms. The molecule has 1 rings (SSSR count). The van der Waals surface area contributed by atoms with Crippen molar-refractivity contribution in [1.82, 2.24) is 9.55 Å². The van der Waals surface area contributed by atoms with Gasteiger partial charge in [-0.3, -0.25) is 0 Å². The molecule has 0 saturated carbocycles. The normalized spacial score (nSPS) is 10.4. The molecule has 13 heavy (non-hydrogen) atoms. The second-order valence-corrected chi connectivity index (χ2v) is 2.70. The first-order valence-electron chi connectivity index (χ1n) is 3.87. The van der Waals surface area contributed by atoms with Crippen molar-refractivity contribution in [3.05, 3.63) is 21.6 Å². The molecule has 0 radical (unpaired) electrons. The number of aliphatic hydroxyl groups is 1. The Morgan fingerprint density at radius 1 is 1.62 bits per heavy atom. The molecular weight excluding hydrogens is 174 g/mol. The lowest BCUT2D eigenvalue weighted by molar-refractivity contribution is -0.390. The number of aliphatic hydroxyl groups excluding tert-OH is 1. The van der Waals surface area contributed by atoms with Crippen LogP contribution < -0.4 is 0 Å². The van der Waals surface area contributed by atoms with E-state index in [4.69, 9.17) is 5.11 Å². The molecule has 0 atom stereocenters. The first-order chi connectivity index (χ1) is 6.07. The van der Waals surface area contributed by atoms with Crippen molar-refractivity contribution in [2.45, 2.75) is 20.4 Å². The van der Waals surface area contributed by atoms with Crippen LogP contribution in [-0.4, -0.2) is 26.2 Å². The van der Waals surface area contributed by atoms with E-state index in [0.717, 1.165) is 0 Å². The number of aromatic nitrogens is 2. The van der Waals surface area contributed by atoms with Gasteiger partial charge in [-0.25, -0.2) is 0 Å². The van der Waals surface area contributed by atoms with E-state index in [1.165, 1.54) is 0 Å². The number of rotatable bonds is 3. The monoisotopic (exact) mass is 185 g/mol. The lowest BCUT2D eigenvalue weighted by Crippen LogP contribution is -2.06. The zero-order valence-corrected chi connectivity index (χ0v) is 7.52. The highest BCUT2D eigenvalue weighted by molar-refractivity contribution is 5.28. The first kappa shape index (κ1) is 9.66. The summed E-state index contributed by atoms with van der Waals surface area (Å²) in [6, 6.07) is 0. The number of imidazole rings is 1. The fourth-order valence-electron chi connectivity index (χ4n) is 1.26. The maximum absolute atomic E-state index is 10.5.